The van der Waals surface area contributed by atoms with Crippen LogP contribution in [0.5, 0.6) is 0 Å². The van der Waals surface area contributed by atoms with Crippen LogP contribution in [0.3, 0.4) is 0 Å². The van der Waals surface area contributed by atoms with Crippen molar-refractivity contribution < 1.29 is 14.5 Å². The van der Waals surface area contributed by atoms with Crippen molar-refractivity contribution in [2.75, 3.05) is 0 Å². The molecule has 20 heavy (non-hydrogen) atoms. The van der Waals surface area contributed by atoms with Crippen LogP contribution in [0.15, 0.2) is 42.5 Å². The van der Waals surface area contributed by atoms with Crippen molar-refractivity contribution in [1.29, 1.82) is 0 Å². The molecule has 0 bridgehead atoms. The van der Waals surface area contributed by atoms with Crippen LogP contribution in [-0.4, -0.2) is 16.7 Å². The van der Waals surface area contributed by atoms with Crippen LogP contribution in [0.25, 0.3) is 11.1 Å². The molecule has 1 aliphatic heterocycles. The van der Waals surface area contributed by atoms with Gasteiger partial charge in [0.1, 0.15) is 0 Å². The van der Waals surface area contributed by atoms with Gasteiger partial charge in [-0.15, -0.1) is 0 Å². The topological polar surface area (TPSA) is 89.3 Å². The summed E-state index contributed by atoms with van der Waals surface area (Å²) in [5.41, 5.74) is 0.743. The number of nitro groups is 1. The zero-order chi connectivity index (χ0) is 14.3. The first kappa shape index (κ1) is 12.0. The average Bonchev–Trinajstić information content (AvgIpc) is 2.74. The zero-order valence-electron chi connectivity index (χ0n) is 10.1. The monoisotopic (exact) mass is 268 g/mol. The van der Waals surface area contributed by atoms with Crippen molar-refractivity contribution in [3.8, 4) is 11.1 Å². The van der Waals surface area contributed by atoms with E-state index in [1.54, 1.807) is 30.3 Å². The van der Waals surface area contributed by atoms with Crippen LogP contribution in [0, 0.1) is 10.1 Å². The van der Waals surface area contributed by atoms with Gasteiger partial charge < -0.3 is 0 Å². The van der Waals surface area contributed by atoms with E-state index in [0.717, 1.165) is 0 Å². The number of hydrogen-bond acceptors (Lipinski definition) is 4. The molecule has 6 nitrogen and oxygen atoms in total. The number of rotatable bonds is 2. The van der Waals surface area contributed by atoms with Crippen molar-refractivity contribution in [3.05, 3.63) is 63.7 Å². The van der Waals surface area contributed by atoms with Crippen LogP contribution < -0.4 is 5.32 Å². The van der Waals surface area contributed by atoms with Gasteiger partial charge in [-0.25, -0.2) is 0 Å². The molecule has 0 atom stereocenters. The van der Waals surface area contributed by atoms with E-state index in [9.17, 15) is 19.7 Å². The average molecular weight is 268 g/mol. The second-order valence-corrected chi connectivity index (χ2v) is 4.29. The van der Waals surface area contributed by atoms with E-state index in [1.165, 1.54) is 12.1 Å². The number of hydrogen-bond donors (Lipinski definition) is 1. The lowest BCUT2D eigenvalue weighted by Crippen LogP contribution is -2.20. The minimum Gasteiger partial charge on any atom is -0.288 e. The van der Waals surface area contributed by atoms with Crippen LogP contribution in [0.4, 0.5) is 5.69 Å². The minimum absolute atomic E-state index is 0.0652. The highest BCUT2D eigenvalue weighted by Gasteiger charge is 2.34. The highest BCUT2D eigenvalue weighted by atomic mass is 16.6. The van der Waals surface area contributed by atoms with E-state index in [1.807, 2.05) is 0 Å². The predicted molar refractivity (Wildman–Crippen MR) is 70.3 cm³/mol. The summed E-state index contributed by atoms with van der Waals surface area (Å²) in [7, 11) is 0. The molecule has 0 unspecified atom stereocenters. The Hall–Kier alpha value is -3.02. The van der Waals surface area contributed by atoms with Gasteiger partial charge in [-0.3, -0.25) is 25.0 Å². The maximum atomic E-state index is 11.9. The molecule has 0 aromatic heterocycles. The molecule has 0 saturated carbocycles. The predicted octanol–water partition coefficient (Wildman–Crippen LogP) is 2.15. The molecule has 1 aliphatic rings. The normalized spacial score (nSPS) is 13.0. The molecular weight excluding hydrogens is 260 g/mol. The number of fused-ring (bicyclic) bond motifs is 1. The Morgan fingerprint density at radius 1 is 0.900 bits per heavy atom. The quantitative estimate of drug-likeness (QED) is 0.513. The molecule has 2 amide bonds. The second-order valence-electron chi connectivity index (χ2n) is 4.29. The van der Waals surface area contributed by atoms with Crippen molar-refractivity contribution in [2.45, 2.75) is 0 Å². The third kappa shape index (κ3) is 1.66. The van der Waals surface area contributed by atoms with E-state index < -0.39 is 16.7 Å². The molecule has 2 aromatic rings. The van der Waals surface area contributed by atoms with Crippen molar-refractivity contribution in [3.63, 3.8) is 0 Å². The van der Waals surface area contributed by atoms with E-state index in [4.69, 9.17) is 0 Å². The van der Waals surface area contributed by atoms with Crippen molar-refractivity contribution in [2.24, 2.45) is 0 Å². The highest BCUT2D eigenvalue weighted by Crippen LogP contribution is 2.36. The first-order valence-corrected chi connectivity index (χ1v) is 5.82. The minimum atomic E-state index is -0.604. The summed E-state index contributed by atoms with van der Waals surface area (Å²) in [6.07, 6.45) is 0. The third-order valence-corrected chi connectivity index (χ3v) is 3.14. The Morgan fingerprint density at radius 3 is 2.25 bits per heavy atom. The van der Waals surface area contributed by atoms with Gasteiger partial charge in [-0.1, -0.05) is 30.3 Å². The number of imide groups is 1. The summed E-state index contributed by atoms with van der Waals surface area (Å²) in [5, 5.41) is 13.3. The first-order chi connectivity index (χ1) is 9.59. The number of amides is 2. The van der Waals surface area contributed by atoms with Crippen LogP contribution in [0.1, 0.15) is 20.7 Å². The summed E-state index contributed by atoms with van der Waals surface area (Å²) < 4.78 is 0. The maximum absolute atomic E-state index is 11.9. The number of carbonyl (C=O) groups excluding carboxylic acids is 2. The lowest BCUT2D eigenvalue weighted by molar-refractivity contribution is -0.384. The molecule has 0 spiro atoms. The Balaban J connectivity index is 2.39. The van der Waals surface area contributed by atoms with E-state index in [0.29, 0.717) is 5.56 Å². The van der Waals surface area contributed by atoms with Crippen molar-refractivity contribution in [1.82, 2.24) is 5.32 Å². The number of nitro benzene ring substituents is 1. The van der Waals surface area contributed by atoms with Gasteiger partial charge in [0.2, 0.25) is 0 Å². The van der Waals surface area contributed by atoms with Crippen LogP contribution in [-0.2, 0) is 0 Å². The van der Waals surface area contributed by atoms with E-state index >= 15 is 0 Å². The molecular formula is C14H8N2O4. The Bertz CT molecular complexity index is 753. The molecule has 0 fully saturated rings. The van der Waals surface area contributed by atoms with Crippen LogP contribution in [0.2, 0.25) is 0 Å². The van der Waals surface area contributed by atoms with Gasteiger partial charge in [0.15, 0.2) is 0 Å². The van der Waals surface area contributed by atoms with Gasteiger partial charge in [0.05, 0.1) is 21.6 Å². The summed E-state index contributed by atoms with van der Waals surface area (Å²) in [4.78, 5) is 34.1. The highest BCUT2D eigenvalue weighted by molar-refractivity contribution is 6.24. The summed E-state index contributed by atoms with van der Waals surface area (Å²) in [6.45, 7) is 0. The molecule has 0 radical (unpaired) electrons. The van der Waals surface area contributed by atoms with Gasteiger partial charge in [-0.05, 0) is 11.6 Å². The largest absolute Gasteiger partial charge is 0.288 e. The number of nitrogens with zero attached hydrogens (tertiary/aromatic N) is 1. The van der Waals surface area contributed by atoms with E-state index in [-0.39, 0.29) is 22.4 Å². The molecule has 3 rings (SSSR count). The lowest BCUT2D eigenvalue weighted by atomic mass is 9.95. The molecule has 98 valence electrons. The molecule has 1 heterocycles. The number of nitrogens with one attached hydrogen (secondary N) is 1. The fourth-order valence-electron chi connectivity index (χ4n) is 2.30. The Morgan fingerprint density at radius 2 is 1.60 bits per heavy atom. The van der Waals surface area contributed by atoms with Gasteiger partial charge in [0, 0.05) is 6.07 Å². The van der Waals surface area contributed by atoms with Gasteiger partial charge >= 0.3 is 0 Å². The standard InChI is InChI=1S/C14H8N2O4/c17-13-9-6-7-10(16(19)20)11(12(9)14(18)15-13)8-4-2-1-3-5-8/h1-7H,(H,15,17,18). The molecule has 1 N–H and O–H groups in total. The SMILES string of the molecule is O=C1NC(=O)c2c1ccc([N+](=O)[O-])c2-c1ccccc1. The maximum Gasteiger partial charge on any atom is 0.278 e. The van der Waals surface area contributed by atoms with Gasteiger partial charge in [0.25, 0.3) is 17.5 Å². The Labute approximate surface area is 113 Å². The summed E-state index contributed by atoms with van der Waals surface area (Å²) >= 11 is 0. The fourth-order valence-corrected chi connectivity index (χ4v) is 2.30. The van der Waals surface area contributed by atoms with E-state index in [2.05, 4.69) is 5.32 Å². The molecule has 0 aliphatic carbocycles. The summed E-state index contributed by atoms with van der Waals surface area (Å²) in [6, 6.07) is 11.1. The first-order valence-electron chi connectivity index (χ1n) is 5.82. The Kier molecular flexibility index (Phi) is 2.57. The fraction of sp³-hybridized carbons (Fsp3) is 0. The zero-order valence-corrected chi connectivity index (χ0v) is 10.1. The third-order valence-electron chi connectivity index (χ3n) is 3.14. The number of carbonyl (C=O) groups is 2. The summed E-state index contributed by atoms with van der Waals surface area (Å²) in [5.74, 6) is -1.13. The smallest absolute Gasteiger partial charge is 0.278 e. The van der Waals surface area contributed by atoms with Crippen molar-refractivity contribution >= 4 is 17.5 Å². The molecule has 6 heteroatoms. The van der Waals surface area contributed by atoms with Gasteiger partial charge in [-0.2, -0.15) is 0 Å². The lowest BCUT2D eigenvalue weighted by Gasteiger charge is -2.07. The van der Waals surface area contributed by atoms with Crippen LogP contribution >= 0.6 is 0 Å². The second kappa shape index (κ2) is 4.27. The molecule has 0 saturated heterocycles. The number of benzene rings is 2. The molecule has 2 aromatic carbocycles.